The summed E-state index contributed by atoms with van der Waals surface area (Å²) >= 11 is 0. The van der Waals surface area contributed by atoms with E-state index in [4.69, 9.17) is 0 Å². The third kappa shape index (κ3) is 5.59. The number of alkyl halides is 3. The van der Waals surface area contributed by atoms with Crippen molar-refractivity contribution in [1.82, 2.24) is 15.5 Å². The number of aryl methyl sites for hydroxylation is 3. The lowest BCUT2D eigenvalue weighted by molar-refractivity contribution is -0.137. The smallest absolute Gasteiger partial charge is 0.352 e. The van der Waals surface area contributed by atoms with Crippen molar-refractivity contribution in [3.63, 3.8) is 0 Å². The van der Waals surface area contributed by atoms with Gasteiger partial charge in [-0.2, -0.15) is 18.3 Å². The SMILES string of the molecule is Cc1cc(C(=O)NCCc2ccc(C)c(C)c2)c([S@](=O)c2cccc(C(F)(F)F)c2)nn1. The van der Waals surface area contributed by atoms with Crippen LogP contribution in [-0.4, -0.2) is 26.9 Å². The molecule has 1 N–H and O–H groups in total. The largest absolute Gasteiger partial charge is 0.416 e. The van der Waals surface area contributed by atoms with E-state index < -0.39 is 28.4 Å². The second-order valence-corrected chi connectivity index (χ2v) is 8.82. The molecule has 0 aliphatic rings. The standard InChI is InChI=1S/C23H22F3N3O2S/c1-14-7-8-17(11-15(14)2)9-10-27-21(30)20-12-16(3)28-29-22(20)32(31)19-6-4-5-18(13-19)23(24,25)26/h4-8,11-13H,9-10H2,1-3H3,(H,27,30)/t32-/m1/s1. The zero-order valence-corrected chi connectivity index (χ0v) is 18.6. The van der Waals surface area contributed by atoms with Gasteiger partial charge in [0.05, 0.1) is 16.8 Å². The number of nitrogens with one attached hydrogen (secondary N) is 1. The maximum absolute atomic E-state index is 13.0. The fourth-order valence-electron chi connectivity index (χ4n) is 3.05. The van der Waals surface area contributed by atoms with Crippen molar-refractivity contribution in [1.29, 1.82) is 0 Å². The summed E-state index contributed by atoms with van der Waals surface area (Å²) in [6.07, 6.45) is -3.98. The maximum atomic E-state index is 13.0. The summed E-state index contributed by atoms with van der Waals surface area (Å²) in [6.45, 7) is 5.98. The summed E-state index contributed by atoms with van der Waals surface area (Å²) in [5.41, 5.74) is 2.91. The number of rotatable bonds is 6. The van der Waals surface area contributed by atoms with Gasteiger partial charge in [-0.25, -0.2) is 4.21 Å². The number of hydrogen-bond donors (Lipinski definition) is 1. The lowest BCUT2D eigenvalue weighted by Crippen LogP contribution is -2.27. The summed E-state index contributed by atoms with van der Waals surface area (Å²) < 4.78 is 52.1. The Morgan fingerprint density at radius 2 is 1.75 bits per heavy atom. The van der Waals surface area contributed by atoms with Crippen LogP contribution in [0.1, 0.15) is 38.3 Å². The quantitative estimate of drug-likeness (QED) is 0.584. The predicted molar refractivity (Wildman–Crippen MR) is 115 cm³/mol. The van der Waals surface area contributed by atoms with Crippen molar-refractivity contribution in [2.75, 3.05) is 6.54 Å². The molecule has 9 heteroatoms. The van der Waals surface area contributed by atoms with E-state index in [-0.39, 0.29) is 15.5 Å². The highest BCUT2D eigenvalue weighted by Crippen LogP contribution is 2.31. The summed E-state index contributed by atoms with van der Waals surface area (Å²) in [4.78, 5) is 12.7. The van der Waals surface area contributed by atoms with Crippen molar-refractivity contribution in [3.8, 4) is 0 Å². The second kappa shape index (κ2) is 9.60. The van der Waals surface area contributed by atoms with Crippen LogP contribution in [-0.2, 0) is 23.4 Å². The summed E-state index contributed by atoms with van der Waals surface area (Å²) in [5, 5.41) is 10.3. The van der Waals surface area contributed by atoms with Gasteiger partial charge in [0, 0.05) is 11.4 Å². The molecular weight excluding hydrogens is 439 g/mol. The van der Waals surface area contributed by atoms with E-state index in [2.05, 4.69) is 15.5 Å². The van der Waals surface area contributed by atoms with Crippen LogP contribution < -0.4 is 5.32 Å². The Bertz CT molecular complexity index is 1180. The van der Waals surface area contributed by atoms with Gasteiger partial charge in [0.15, 0.2) is 5.03 Å². The fourth-order valence-corrected chi connectivity index (χ4v) is 4.18. The van der Waals surface area contributed by atoms with E-state index in [1.165, 1.54) is 23.8 Å². The highest BCUT2D eigenvalue weighted by molar-refractivity contribution is 7.85. The molecule has 2 aromatic carbocycles. The number of carbonyl (C=O) groups is 1. The van der Waals surface area contributed by atoms with Gasteiger partial charge in [-0.3, -0.25) is 4.79 Å². The molecule has 3 rings (SSSR count). The molecule has 3 aromatic rings. The molecule has 0 fully saturated rings. The van der Waals surface area contributed by atoms with Gasteiger partial charge >= 0.3 is 6.18 Å². The van der Waals surface area contributed by atoms with Gasteiger partial charge in [0.1, 0.15) is 10.8 Å². The topological polar surface area (TPSA) is 72.0 Å². The zero-order chi connectivity index (χ0) is 23.5. The van der Waals surface area contributed by atoms with Crippen molar-refractivity contribution >= 4 is 16.7 Å². The number of nitrogens with zero attached hydrogens (tertiary/aromatic N) is 2. The van der Waals surface area contributed by atoms with Gasteiger partial charge in [0.25, 0.3) is 5.91 Å². The van der Waals surface area contributed by atoms with Crippen LogP contribution in [0.2, 0.25) is 0 Å². The average molecular weight is 462 g/mol. The molecule has 32 heavy (non-hydrogen) atoms. The monoisotopic (exact) mass is 461 g/mol. The highest BCUT2D eigenvalue weighted by Gasteiger charge is 2.31. The van der Waals surface area contributed by atoms with Crippen LogP contribution in [0.4, 0.5) is 13.2 Å². The van der Waals surface area contributed by atoms with Gasteiger partial charge in [-0.1, -0.05) is 24.3 Å². The first kappa shape index (κ1) is 23.6. The molecule has 0 unspecified atom stereocenters. The van der Waals surface area contributed by atoms with Crippen molar-refractivity contribution in [2.24, 2.45) is 0 Å². The Balaban J connectivity index is 1.80. The van der Waals surface area contributed by atoms with E-state index in [9.17, 15) is 22.2 Å². The molecule has 0 radical (unpaired) electrons. The van der Waals surface area contributed by atoms with E-state index >= 15 is 0 Å². The molecule has 0 saturated heterocycles. The molecule has 0 aliphatic carbocycles. The molecule has 1 heterocycles. The van der Waals surface area contributed by atoms with Crippen LogP contribution in [0.5, 0.6) is 0 Å². The van der Waals surface area contributed by atoms with Crippen LogP contribution in [0.3, 0.4) is 0 Å². The lowest BCUT2D eigenvalue weighted by Gasteiger charge is -2.11. The van der Waals surface area contributed by atoms with E-state index in [0.717, 1.165) is 23.3 Å². The van der Waals surface area contributed by atoms with Crippen molar-refractivity contribution < 1.29 is 22.2 Å². The molecule has 0 saturated carbocycles. The average Bonchev–Trinajstić information content (AvgIpc) is 2.75. The maximum Gasteiger partial charge on any atom is 0.416 e. The Hall–Kier alpha value is -3.07. The lowest BCUT2D eigenvalue weighted by atomic mass is 10.0. The molecule has 1 aromatic heterocycles. The second-order valence-electron chi connectivity index (χ2n) is 7.42. The number of carbonyl (C=O) groups excluding carboxylic acids is 1. The Morgan fingerprint density at radius 3 is 2.44 bits per heavy atom. The number of amides is 1. The number of hydrogen-bond acceptors (Lipinski definition) is 4. The van der Waals surface area contributed by atoms with Crippen molar-refractivity contribution in [2.45, 2.75) is 43.3 Å². The molecule has 5 nitrogen and oxygen atoms in total. The zero-order valence-electron chi connectivity index (χ0n) is 17.8. The Labute approximate surface area is 186 Å². The Morgan fingerprint density at radius 1 is 1.00 bits per heavy atom. The van der Waals surface area contributed by atoms with Gasteiger partial charge in [0.2, 0.25) is 0 Å². The number of benzene rings is 2. The fraction of sp³-hybridized carbons (Fsp3) is 0.261. The van der Waals surface area contributed by atoms with Crippen LogP contribution in [0, 0.1) is 20.8 Å². The van der Waals surface area contributed by atoms with E-state index in [1.54, 1.807) is 6.92 Å². The number of halogens is 3. The first-order chi connectivity index (χ1) is 15.1. The van der Waals surface area contributed by atoms with Gasteiger partial charge < -0.3 is 5.32 Å². The minimum Gasteiger partial charge on any atom is -0.352 e. The molecule has 0 spiro atoms. The number of aromatic nitrogens is 2. The predicted octanol–water partition coefficient (Wildman–Crippen LogP) is 4.56. The minimum absolute atomic E-state index is 0.0216. The summed E-state index contributed by atoms with van der Waals surface area (Å²) in [7, 11) is -2.11. The van der Waals surface area contributed by atoms with Crippen LogP contribution in [0.15, 0.2) is 58.5 Å². The van der Waals surface area contributed by atoms with Crippen molar-refractivity contribution in [3.05, 3.63) is 82.0 Å². The van der Waals surface area contributed by atoms with Crippen LogP contribution in [0.25, 0.3) is 0 Å². The Kier molecular flexibility index (Phi) is 7.08. The highest BCUT2D eigenvalue weighted by atomic mass is 32.2. The van der Waals surface area contributed by atoms with Gasteiger partial charge in [-0.05, 0) is 68.1 Å². The first-order valence-corrected chi connectivity index (χ1v) is 11.0. The van der Waals surface area contributed by atoms with Gasteiger partial charge in [-0.15, -0.1) is 5.10 Å². The minimum atomic E-state index is -4.58. The third-order valence-electron chi connectivity index (χ3n) is 4.95. The molecule has 168 valence electrons. The van der Waals surface area contributed by atoms with Crippen LogP contribution >= 0.6 is 0 Å². The van der Waals surface area contributed by atoms with E-state index in [0.29, 0.717) is 18.7 Å². The molecule has 1 amide bonds. The molecule has 1 atom stereocenters. The summed E-state index contributed by atoms with van der Waals surface area (Å²) in [5.74, 6) is -0.512. The summed E-state index contributed by atoms with van der Waals surface area (Å²) in [6, 6.07) is 11.6. The normalized spacial score (nSPS) is 12.4. The molecule has 0 bridgehead atoms. The first-order valence-electron chi connectivity index (χ1n) is 9.84. The molecular formula is C23H22F3N3O2S. The van der Waals surface area contributed by atoms with E-state index in [1.807, 2.05) is 32.0 Å². The third-order valence-corrected chi connectivity index (χ3v) is 6.28. The molecule has 0 aliphatic heterocycles.